The van der Waals surface area contributed by atoms with E-state index in [1.54, 1.807) is 49.4 Å². The van der Waals surface area contributed by atoms with Crippen molar-refractivity contribution < 1.29 is 27.5 Å². The zero-order valence-corrected chi connectivity index (χ0v) is 19.5. The van der Waals surface area contributed by atoms with Gasteiger partial charge in [0, 0.05) is 24.7 Å². The molecule has 3 rings (SSSR count). The van der Waals surface area contributed by atoms with E-state index >= 15 is 0 Å². The van der Waals surface area contributed by atoms with E-state index in [2.05, 4.69) is 5.32 Å². The van der Waals surface area contributed by atoms with Crippen molar-refractivity contribution in [3.05, 3.63) is 90.0 Å². The minimum atomic E-state index is -4.06. The van der Waals surface area contributed by atoms with Crippen molar-refractivity contribution in [2.24, 2.45) is 0 Å². The van der Waals surface area contributed by atoms with Crippen molar-refractivity contribution >= 4 is 39.1 Å². The highest BCUT2D eigenvalue weighted by molar-refractivity contribution is 7.92. The summed E-state index contributed by atoms with van der Waals surface area (Å²) in [6.45, 7) is 1.16. The Morgan fingerprint density at radius 2 is 1.50 bits per heavy atom. The van der Waals surface area contributed by atoms with E-state index < -0.39 is 28.4 Å². The van der Waals surface area contributed by atoms with Crippen LogP contribution in [-0.2, 0) is 19.6 Å². The summed E-state index contributed by atoms with van der Waals surface area (Å²) in [4.78, 5) is 36.4. The number of hydrogen-bond acceptors (Lipinski definition) is 6. The molecule has 3 aromatic carbocycles. The average molecular weight is 481 g/mol. The van der Waals surface area contributed by atoms with Gasteiger partial charge in [0.05, 0.1) is 11.3 Å². The summed E-state index contributed by atoms with van der Waals surface area (Å²) in [7, 11) is -2.67. The molecule has 1 amide bonds. The second kappa shape index (κ2) is 10.8. The van der Waals surface area contributed by atoms with E-state index in [9.17, 15) is 22.8 Å². The van der Waals surface area contributed by atoms with Gasteiger partial charge in [-0.2, -0.15) is 0 Å². The number of benzene rings is 3. The summed E-state index contributed by atoms with van der Waals surface area (Å²) in [5, 5.41) is 2.67. The first-order chi connectivity index (χ1) is 16.2. The second-order valence-electron chi connectivity index (χ2n) is 7.28. The molecule has 0 heterocycles. The van der Waals surface area contributed by atoms with Crippen LogP contribution in [0.5, 0.6) is 0 Å². The van der Waals surface area contributed by atoms with Crippen LogP contribution in [0, 0.1) is 0 Å². The van der Waals surface area contributed by atoms with E-state index in [4.69, 9.17) is 4.74 Å². The quantitative estimate of drug-likeness (QED) is 0.367. The maximum absolute atomic E-state index is 13.2. The number of nitrogens with one attached hydrogen (secondary N) is 1. The van der Waals surface area contributed by atoms with Crippen molar-refractivity contribution in [3.8, 4) is 0 Å². The number of ketones is 1. The molecule has 0 aliphatic heterocycles. The van der Waals surface area contributed by atoms with Gasteiger partial charge in [-0.3, -0.25) is 13.9 Å². The highest BCUT2D eigenvalue weighted by Crippen LogP contribution is 2.25. The van der Waals surface area contributed by atoms with Crippen molar-refractivity contribution in [3.63, 3.8) is 0 Å². The van der Waals surface area contributed by atoms with Gasteiger partial charge in [-0.15, -0.1) is 0 Å². The number of para-hydroxylation sites is 1. The fourth-order valence-corrected chi connectivity index (χ4v) is 4.44. The number of esters is 1. The largest absolute Gasteiger partial charge is 0.454 e. The lowest BCUT2D eigenvalue weighted by atomic mass is 10.1. The summed E-state index contributed by atoms with van der Waals surface area (Å²) in [5.41, 5.74) is 1.09. The van der Waals surface area contributed by atoms with Gasteiger partial charge in [0.1, 0.15) is 4.90 Å². The van der Waals surface area contributed by atoms with Crippen LogP contribution in [-0.4, -0.2) is 39.7 Å². The number of anilines is 2. The van der Waals surface area contributed by atoms with Gasteiger partial charge in [-0.25, -0.2) is 13.2 Å². The molecule has 1 N–H and O–H groups in total. The fraction of sp³-hybridized carbons (Fsp3) is 0.160. The van der Waals surface area contributed by atoms with E-state index in [1.807, 2.05) is 0 Å². The van der Waals surface area contributed by atoms with E-state index in [1.165, 1.54) is 43.4 Å². The summed E-state index contributed by atoms with van der Waals surface area (Å²) >= 11 is 0. The highest BCUT2D eigenvalue weighted by Gasteiger charge is 2.27. The van der Waals surface area contributed by atoms with Crippen molar-refractivity contribution in [1.29, 1.82) is 0 Å². The van der Waals surface area contributed by atoms with Gasteiger partial charge >= 0.3 is 5.97 Å². The highest BCUT2D eigenvalue weighted by atomic mass is 32.2. The number of carbonyl (C=O) groups is 3. The topological polar surface area (TPSA) is 110 Å². The monoisotopic (exact) mass is 480 g/mol. The fourth-order valence-electron chi connectivity index (χ4n) is 3.07. The zero-order valence-electron chi connectivity index (χ0n) is 18.7. The Morgan fingerprint density at radius 3 is 2.15 bits per heavy atom. The molecule has 0 saturated heterocycles. The Morgan fingerprint density at radius 1 is 0.882 bits per heavy atom. The number of Topliss-reactive ketones (excluding diaryl/α,β-unsaturated/α-hetero) is 1. The SMILES string of the molecule is CCC(=O)Nc1ccc(C(=O)COC(=O)c2ccccc2S(=O)(=O)N(C)c2ccccc2)cc1. The van der Waals surface area contributed by atoms with Crippen molar-refractivity contribution in [1.82, 2.24) is 0 Å². The number of ether oxygens (including phenoxy) is 1. The molecule has 176 valence electrons. The number of nitrogens with zero attached hydrogens (tertiary/aromatic N) is 1. The second-order valence-corrected chi connectivity index (χ2v) is 9.22. The predicted molar refractivity (Wildman–Crippen MR) is 128 cm³/mol. The van der Waals surface area contributed by atoms with Crippen LogP contribution in [0.1, 0.15) is 34.1 Å². The first-order valence-electron chi connectivity index (χ1n) is 10.5. The summed E-state index contributed by atoms with van der Waals surface area (Å²) in [6.07, 6.45) is 0.328. The van der Waals surface area contributed by atoms with Crippen molar-refractivity contribution in [2.45, 2.75) is 18.2 Å². The molecule has 0 aliphatic carbocycles. The van der Waals surface area contributed by atoms with Gasteiger partial charge in [-0.05, 0) is 48.5 Å². The van der Waals surface area contributed by atoms with Gasteiger partial charge < -0.3 is 10.1 Å². The molecule has 0 atom stereocenters. The van der Waals surface area contributed by atoms with Gasteiger partial charge in [0.2, 0.25) is 5.91 Å². The molecule has 9 heteroatoms. The third kappa shape index (κ3) is 5.68. The number of hydrogen-bond donors (Lipinski definition) is 1. The summed E-state index contributed by atoms with van der Waals surface area (Å²) in [5.74, 6) is -1.55. The number of rotatable bonds is 9. The van der Waals surface area contributed by atoms with Crippen LogP contribution >= 0.6 is 0 Å². The molecule has 0 aliphatic rings. The normalized spacial score (nSPS) is 10.9. The molecule has 0 aromatic heterocycles. The maximum Gasteiger partial charge on any atom is 0.339 e. The van der Waals surface area contributed by atoms with E-state index in [0.717, 1.165) is 4.31 Å². The molecule has 34 heavy (non-hydrogen) atoms. The Balaban J connectivity index is 1.73. The minimum Gasteiger partial charge on any atom is -0.454 e. The molecule has 0 radical (unpaired) electrons. The van der Waals surface area contributed by atoms with Gasteiger partial charge in [0.25, 0.3) is 10.0 Å². The third-order valence-electron chi connectivity index (χ3n) is 5.01. The number of carbonyl (C=O) groups excluding carboxylic acids is 3. The first-order valence-corrected chi connectivity index (χ1v) is 11.9. The molecule has 0 spiro atoms. The molecule has 0 saturated carbocycles. The third-order valence-corrected chi connectivity index (χ3v) is 6.86. The Labute approximate surface area is 198 Å². The molecule has 3 aromatic rings. The van der Waals surface area contributed by atoms with Gasteiger partial charge in [0.15, 0.2) is 12.4 Å². The van der Waals surface area contributed by atoms with Crippen LogP contribution in [0.25, 0.3) is 0 Å². The van der Waals surface area contributed by atoms with Crippen LogP contribution in [0.4, 0.5) is 11.4 Å². The number of amides is 1. The average Bonchev–Trinajstić information content (AvgIpc) is 2.87. The minimum absolute atomic E-state index is 0.153. The standard InChI is InChI=1S/C25H24N2O6S/c1-3-24(29)26-19-15-13-18(14-16-19)22(28)17-33-25(30)21-11-7-8-12-23(21)34(31,32)27(2)20-9-5-4-6-10-20/h4-16H,3,17H2,1-2H3,(H,26,29). The Kier molecular flexibility index (Phi) is 7.80. The summed E-state index contributed by atoms with van der Waals surface area (Å²) < 4.78 is 32.5. The molecular formula is C25H24N2O6S. The lowest BCUT2D eigenvalue weighted by Crippen LogP contribution is -2.28. The molecule has 0 bridgehead atoms. The van der Waals surface area contributed by atoms with Crippen LogP contribution in [0.15, 0.2) is 83.8 Å². The van der Waals surface area contributed by atoms with Crippen LogP contribution < -0.4 is 9.62 Å². The smallest absolute Gasteiger partial charge is 0.339 e. The van der Waals surface area contributed by atoms with Crippen LogP contribution in [0.2, 0.25) is 0 Å². The molecule has 0 fully saturated rings. The molecule has 0 unspecified atom stereocenters. The number of sulfonamides is 1. The van der Waals surface area contributed by atoms with E-state index in [-0.39, 0.29) is 21.9 Å². The lowest BCUT2D eigenvalue weighted by molar-refractivity contribution is -0.115. The van der Waals surface area contributed by atoms with E-state index in [0.29, 0.717) is 17.8 Å². The van der Waals surface area contributed by atoms with Gasteiger partial charge in [-0.1, -0.05) is 37.3 Å². The Bertz CT molecular complexity index is 1290. The zero-order chi connectivity index (χ0) is 24.7. The van der Waals surface area contributed by atoms with Crippen LogP contribution in [0.3, 0.4) is 0 Å². The lowest BCUT2D eigenvalue weighted by Gasteiger charge is -2.20. The first kappa shape index (κ1) is 24.7. The van der Waals surface area contributed by atoms with Crippen molar-refractivity contribution in [2.75, 3.05) is 23.3 Å². The molecule has 8 nitrogen and oxygen atoms in total. The molecular weight excluding hydrogens is 456 g/mol. The maximum atomic E-state index is 13.2. The summed E-state index contributed by atoms with van der Waals surface area (Å²) in [6, 6.07) is 20.3. The predicted octanol–water partition coefficient (Wildman–Crippen LogP) is 3.90. The Hall–Kier alpha value is -3.98.